The summed E-state index contributed by atoms with van der Waals surface area (Å²) >= 11 is 0. The summed E-state index contributed by atoms with van der Waals surface area (Å²) in [6.45, 7) is 5.80. The van der Waals surface area contributed by atoms with Gasteiger partial charge in [0.15, 0.2) is 5.03 Å². The molecule has 0 aliphatic carbocycles. The standard InChI is InChI=1S/C10H15N3O4S/c1-3-5-8(10(14)15)12-18(16,17)9-6-13(4-2)7-11-9/h3,6-8,12H,1,4-5H2,2H3,(H,14,15). The average molecular weight is 273 g/mol. The molecule has 18 heavy (non-hydrogen) atoms. The van der Waals surface area contributed by atoms with E-state index in [0.29, 0.717) is 6.54 Å². The minimum atomic E-state index is -3.93. The Kier molecular flexibility index (Phi) is 4.62. The molecule has 1 heterocycles. The van der Waals surface area contributed by atoms with Gasteiger partial charge < -0.3 is 9.67 Å². The van der Waals surface area contributed by atoms with E-state index in [1.165, 1.54) is 18.6 Å². The Bertz CT molecular complexity index is 535. The minimum absolute atomic E-state index is 0.00303. The number of nitrogens with one attached hydrogen (secondary N) is 1. The van der Waals surface area contributed by atoms with Gasteiger partial charge in [-0.3, -0.25) is 4.79 Å². The maximum absolute atomic E-state index is 11.9. The van der Waals surface area contributed by atoms with Crippen molar-refractivity contribution in [2.24, 2.45) is 0 Å². The molecule has 1 aromatic heterocycles. The first kappa shape index (κ1) is 14.4. The molecule has 1 atom stereocenters. The molecule has 8 heteroatoms. The number of rotatable bonds is 7. The van der Waals surface area contributed by atoms with Crippen molar-refractivity contribution in [2.75, 3.05) is 0 Å². The number of carboxylic acid groups (broad SMARTS) is 1. The summed E-state index contributed by atoms with van der Waals surface area (Å²) in [6, 6.07) is -1.24. The molecule has 0 fully saturated rings. The highest BCUT2D eigenvalue weighted by Crippen LogP contribution is 2.07. The predicted molar refractivity (Wildman–Crippen MR) is 64.5 cm³/mol. The molecule has 2 N–H and O–H groups in total. The van der Waals surface area contributed by atoms with E-state index in [1.807, 2.05) is 6.92 Å². The zero-order chi connectivity index (χ0) is 13.8. The third-order valence-corrected chi connectivity index (χ3v) is 3.60. The van der Waals surface area contributed by atoms with Crippen molar-refractivity contribution in [1.29, 1.82) is 0 Å². The van der Waals surface area contributed by atoms with E-state index in [0.717, 1.165) is 0 Å². The molecule has 0 aromatic carbocycles. The number of aliphatic carboxylic acids is 1. The van der Waals surface area contributed by atoms with Crippen molar-refractivity contribution in [1.82, 2.24) is 14.3 Å². The van der Waals surface area contributed by atoms with E-state index >= 15 is 0 Å². The van der Waals surface area contributed by atoms with Crippen molar-refractivity contribution < 1.29 is 18.3 Å². The van der Waals surface area contributed by atoms with Gasteiger partial charge in [0, 0.05) is 12.7 Å². The Morgan fingerprint density at radius 3 is 2.83 bits per heavy atom. The van der Waals surface area contributed by atoms with Crippen LogP contribution in [0.2, 0.25) is 0 Å². The van der Waals surface area contributed by atoms with Gasteiger partial charge in [-0.25, -0.2) is 13.4 Å². The molecule has 0 aliphatic rings. The SMILES string of the molecule is C=CCC(NS(=O)(=O)c1cn(CC)cn1)C(=O)O. The van der Waals surface area contributed by atoms with E-state index in [4.69, 9.17) is 5.11 Å². The molecule has 0 radical (unpaired) electrons. The number of hydrogen-bond donors (Lipinski definition) is 2. The lowest BCUT2D eigenvalue weighted by Gasteiger charge is -2.11. The molecule has 7 nitrogen and oxygen atoms in total. The van der Waals surface area contributed by atoms with Crippen LogP contribution in [0.3, 0.4) is 0 Å². The highest BCUT2D eigenvalue weighted by atomic mass is 32.2. The molecule has 0 amide bonds. The number of aromatic nitrogens is 2. The van der Waals surface area contributed by atoms with Gasteiger partial charge in [0.25, 0.3) is 10.0 Å². The number of aryl methyl sites for hydroxylation is 1. The lowest BCUT2D eigenvalue weighted by molar-refractivity contribution is -0.138. The van der Waals surface area contributed by atoms with Gasteiger partial charge >= 0.3 is 5.97 Å². The maximum atomic E-state index is 11.9. The third-order valence-electron chi connectivity index (χ3n) is 2.25. The van der Waals surface area contributed by atoms with Gasteiger partial charge in [0.05, 0.1) is 6.33 Å². The van der Waals surface area contributed by atoms with E-state index < -0.39 is 22.0 Å². The van der Waals surface area contributed by atoms with Crippen molar-refractivity contribution in [3.63, 3.8) is 0 Å². The first-order chi connectivity index (χ1) is 8.40. The lowest BCUT2D eigenvalue weighted by Crippen LogP contribution is -2.40. The number of carboxylic acids is 1. The fourth-order valence-electron chi connectivity index (χ4n) is 1.26. The number of sulfonamides is 1. The molecular weight excluding hydrogens is 258 g/mol. The Balaban J connectivity index is 2.92. The average Bonchev–Trinajstić information content (AvgIpc) is 2.77. The third kappa shape index (κ3) is 3.41. The summed E-state index contributed by atoms with van der Waals surface area (Å²) in [5.41, 5.74) is 0. The second kappa shape index (κ2) is 5.78. The van der Waals surface area contributed by atoms with Crippen LogP contribution >= 0.6 is 0 Å². The number of nitrogens with zero attached hydrogens (tertiary/aromatic N) is 2. The van der Waals surface area contributed by atoms with E-state index in [1.54, 1.807) is 4.57 Å². The summed E-state index contributed by atoms with van der Waals surface area (Å²) in [6.07, 6.45) is 4.06. The van der Waals surface area contributed by atoms with Crippen LogP contribution in [0.5, 0.6) is 0 Å². The van der Waals surface area contributed by atoms with Crippen LogP contribution in [0.15, 0.2) is 30.2 Å². The molecule has 0 saturated carbocycles. The van der Waals surface area contributed by atoms with Crippen molar-refractivity contribution in [3.05, 3.63) is 25.2 Å². The highest BCUT2D eigenvalue weighted by Gasteiger charge is 2.25. The minimum Gasteiger partial charge on any atom is -0.480 e. The van der Waals surface area contributed by atoms with Crippen molar-refractivity contribution in [3.8, 4) is 0 Å². The van der Waals surface area contributed by atoms with Crippen LogP contribution in [-0.4, -0.2) is 35.1 Å². The topological polar surface area (TPSA) is 101 Å². The van der Waals surface area contributed by atoms with Gasteiger partial charge in [-0.15, -0.1) is 6.58 Å². The van der Waals surface area contributed by atoms with Gasteiger partial charge in [0.2, 0.25) is 0 Å². The van der Waals surface area contributed by atoms with Crippen LogP contribution in [0.1, 0.15) is 13.3 Å². The zero-order valence-corrected chi connectivity index (χ0v) is 10.7. The summed E-state index contributed by atoms with van der Waals surface area (Å²) in [7, 11) is -3.93. The molecular formula is C10H15N3O4S. The second-order valence-electron chi connectivity index (χ2n) is 3.58. The highest BCUT2D eigenvalue weighted by molar-refractivity contribution is 7.89. The van der Waals surface area contributed by atoms with Crippen LogP contribution in [-0.2, 0) is 21.4 Å². The normalized spacial score (nSPS) is 13.2. The smallest absolute Gasteiger partial charge is 0.322 e. The predicted octanol–water partition coefficient (Wildman–Crippen LogP) is 0.211. The van der Waals surface area contributed by atoms with Crippen LogP contribution in [0.4, 0.5) is 0 Å². The number of imidazole rings is 1. The Morgan fingerprint density at radius 1 is 1.72 bits per heavy atom. The Morgan fingerprint density at radius 2 is 2.39 bits per heavy atom. The summed E-state index contributed by atoms with van der Waals surface area (Å²) in [4.78, 5) is 14.6. The van der Waals surface area contributed by atoms with E-state index in [9.17, 15) is 13.2 Å². The summed E-state index contributed by atoms with van der Waals surface area (Å²) < 4.78 is 27.4. The fraction of sp³-hybridized carbons (Fsp3) is 0.400. The fourth-order valence-corrected chi connectivity index (χ4v) is 2.42. The van der Waals surface area contributed by atoms with Crippen LogP contribution in [0.25, 0.3) is 0 Å². The molecule has 1 unspecified atom stereocenters. The molecule has 100 valence electrons. The molecule has 0 bridgehead atoms. The molecule has 0 aliphatic heterocycles. The maximum Gasteiger partial charge on any atom is 0.322 e. The Hall–Kier alpha value is -1.67. The van der Waals surface area contributed by atoms with Gasteiger partial charge in [-0.2, -0.15) is 4.72 Å². The second-order valence-corrected chi connectivity index (χ2v) is 5.24. The van der Waals surface area contributed by atoms with E-state index in [-0.39, 0.29) is 11.4 Å². The molecule has 1 aromatic rings. The van der Waals surface area contributed by atoms with Crippen molar-refractivity contribution >= 4 is 16.0 Å². The number of carbonyl (C=O) groups is 1. The van der Waals surface area contributed by atoms with Gasteiger partial charge in [0.1, 0.15) is 6.04 Å². The number of hydrogen-bond acceptors (Lipinski definition) is 4. The van der Waals surface area contributed by atoms with Gasteiger partial charge in [-0.05, 0) is 13.3 Å². The molecule has 0 spiro atoms. The zero-order valence-electron chi connectivity index (χ0n) is 9.91. The first-order valence-corrected chi connectivity index (χ1v) is 6.76. The Labute approximate surface area is 105 Å². The monoisotopic (exact) mass is 273 g/mol. The molecule has 1 rings (SSSR count). The lowest BCUT2D eigenvalue weighted by atomic mass is 10.2. The van der Waals surface area contributed by atoms with Gasteiger partial charge in [-0.1, -0.05) is 6.08 Å². The summed E-state index contributed by atoms with van der Waals surface area (Å²) in [5.74, 6) is -1.26. The summed E-state index contributed by atoms with van der Waals surface area (Å²) in [5, 5.41) is 8.67. The van der Waals surface area contributed by atoms with Crippen LogP contribution in [0, 0.1) is 0 Å². The van der Waals surface area contributed by atoms with Crippen molar-refractivity contribution in [2.45, 2.75) is 31.0 Å². The quantitative estimate of drug-likeness (QED) is 0.691. The first-order valence-electron chi connectivity index (χ1n) is 5.28. The molecule has 0 saturated heterocycles. The largest absolute Gasteiger partial charge is 0.480 e. The van der Waals surface area contributed by atoms with E-state index in [2.05, 4.69) is 16.3 Å². The van der Waals surface area contributed by atoms with Crippen LogP contribution < -0.4 is 4.72 Å².